The Bertz CT molecular complexity index is 508. The fourth-order valence-corrected chi connectivity index (χ4v) is 2.39. The summed E-state index contributed by atoms with van der Waals surface area (Å²) in [7, 11) is 0. The van der Waals surface area contributed by atoms with Gasteiger partial charge in [0.25, 0.3) is 5.91 Å². The monoisotopic (exact) mass is 366 g/mol. The van der Waals surface area contributed by atoms with Gasteiger partial charge in [0.2, 0.25) is 0 Å². The summed E-state index contributed by atoms with van der Waals surface area (Å²) in [4.78, 5) is 27.3. The molecule has 1 heterocycles. The fraction of sp³-hybridized carbons (Fsp3) is 0.722. The molecule has 0 radical (unpaired) electrons. The molecule has 0 aliphatic carbocycles. The topological polar surface area (TPSA) is 94.9 Å². The number of ether oxygens (including phenoxy) is 2. The van der Waals surface area contributed by atoms with Gasteiger partial charge in [-0.3, -0.25) is 4.79 Å². The second-order valence-electron chi connectivity index (χ2n) is 5.95. The van der Waals surface area contributed by atoms with E-state index < -0.39 is 0 Å². The van der Waals surface area contributed by atoms with Gasteiger partial charge in [-0.15, -0.1) is 0 Å². The van der Waals surface area contributed by atoms with Crippen LogP contribution in [0.2, 0.25) is 0 Å². The summed E-state index contributed by atoms with van der Waals surface area (Å²) in [6.45, 7) is 8.16. The molecule has 1 aliphatic heterocycles. The molecule has 0 saturated carbocycles. The number of nitrogens with one attached hydrogen (secondary N) is 1. The van der Waals surface area contributed by atoms with Crippen LogP contribution in [0.3, 0.4) is 0 Å². The average Bonchev–Trinajstić information content (AvgIpc) is 2.65. The number of piperazine rings is 1. The van der Waals surface area contributed by atoms with Crippen LogP contribution < -0.4 is 5.32 Å². The highest BCUT2D eigenvalue weighted by Gasteiger charge is 2.21. The van der Waals surface area contributed by atoms with Crippen LogP contribution in [0.4, 0.5) is 4.79 Å². The van der Waals surface area contributed by atoms with Crippen molar-refractivity contribution in [2.24, 2.45) is 0 Å². The van der Waals surface area contributed by atoms with Crippen LogP contribution in [0.1, 0.15) is 33.1 Å². The number of amides is 2. The molecule has 1 rings (SSSR count). The lowest BCUT2D eigenvalue weighted by atomic mass is 10.2. The third-order valence-electron chi connectivity index (χ3n) is 3.91. The van der Waals surface area contributed by atoms with Crippen molar-refractivity contribution in [2.45, 2.75) is 33.1 Å². The lowest BCUT2D eigenvalue weighted by molar-refractivity contribution is -0.117. The van der Waals surface area contributed by atoms with E-state index >= 15 is 0 Å². The molecular formula is C18H30N4O4. The van der Waals surface area contributed by atoms with Gasteiger partial charge in [-0.2, -0.15) is 5.26 Å². The van der Waals surface area contributed by atoms with Crippen molar-refractivity contribution in [3.63, 3.8) is 0 Å². The Morgan fingerprint density at radius 1 is 1.15 bits per heavy atom. The zero-order valence-corrected chi connectivity index (χ0v) is 15.8. The molecule has 0 aromatic heterocycles. The number of hydrogen-bond acceptors (Lipinski definition) is 6. The highest BCUT2D eigenvalue weighted by atomic mass is 16.6. The van der Waals surface area contributed by atoms with E-state index in [0.29, 0.717) is 52.4 Å². The molecule has 1 N–H and O–H groups in total. The molecule has 1 fully saturated rings. The van der Waals surface area contributed by atoms with Gasteiger partial charge in [-0.25, -0.2) is 4.79 Å². The Balaban J connectivity index is 2.33. The number of nitriles is 1. The van der Waals surface area contributed by atoms with Gasteiger partial charge >= 0.3 is 6.09 Å². The molecule has 0 aromatic carbocycles. The Morgan fingerprint density at radius 2 is 1.85 bits per heavy atom. The maximum Gasteiger partial charge on any atom is 0.409 e. The normalized spacial score (nSPS) is 14.7. The number of rotatable bonds is 10. The SMILES string of the molecule is CCCCOCCCNC(=O)/C(C#N)=C\N1CCN(C(=O)OCC)CC1. The summed E-state index contributed by atoms with van der Waals surface area (Å²) < 4.78 is 10.4. The van der Waals surface area contributed by atoms with Crippen LogP contribution in [0.15, 0.2) is 11.8 Å². The van der Waals surface area contributed by atoms with Gasteiger partial charge in [-0.1, -0.05) is 13.3 Å². The molecule has 1 aliphatic rings. The molecule has 26 heavy (non-hydrogen) atoms. The Hall–Kier alpha value is -2.27. The minimum absolute atomic E-state index is 0.0708. The molecule has 0 unspecified atom stereocenters. The average molecular weight is 366 g/mol. The molecule has 2 amide bonds. The predicted octanol–water partition coefficient (Wildman–Crippen LogP) is 1.49. The molecule has 8 heteroatoms. The van der Waals surface area contributed by atoms with Crippen LogP contribution in [-0.4, -0.2) is 74.3 Å². The Kier molecular flexibility index (Phi) is 10.9. The van der Waals surface area contributed by atoms with Crippen LogP contribution >= 0.6 is 0 Å². The maximum atomic E-state index is 12.1. The quantitative estimate of drug-likeness (QED) is 0.358. The van der Waals surface area contributed by atoms with Gasteiger partial charge in [-0.05, 0) is 19.8 Å². The van der Waals surface area contributed by atoms with E-state index in [0.717, 1.165) is 19.4 Å². The Morgan fingerprint density at radius 3 is 2.46 bits per heavy atom. The van der Waals surface area contributed by atoms with Gasteiger partial charge in [0.1, 0.15) is 11.6 Å². The van der Waals surface area contributed by atoms with Crippen LogP contribution in [0.5, 0.6) is 0 Å². The van der Waals surface area contributed by atoms with E-state index in [1.165, 1.54) is 0 Å². The summed E-state index contributed by atoms with van der Waals surface area (Å²) in [5.74, 6) is -0.381. The highest BCUT2D eigenvalue weighted by Crippen LogP contribution is 2.06. The standard InChI is InChI=1S/C18H30N4O4/c1-3-5-12-25-13-6-7-20-17(23)16(14-19)15-21-8-10-22(11-9-21)18(24)26-4-2/h15H,3-13H2,1-2H3,(H,20,23)/b16-15-. The lowest BCUT2D eigenvalue weighted by Crippen LogP contribution is -2.47. The van der Waals surface area contributed by atoms with Crippen LogP contribution in [0.25, 0.3) is 0 Å². The molecule has 0 spiro atoms. The molecule has 0 bridgehead atoms. The summed E-state index contributed by atoms with van der Waals surface area (Å²) in [5, 5.41) is 12.0. The largest absolute Gasteiger partial charge is 0.450 e. The third kappa shape index (κ3) is 8.21. The van der Waals surface area contributed by atoms with Crippen molar-refractivity contribution in [1.29, 1.82) is 5.26 Å². The highest BCUT2D eigenvalue weighted by molar-refractivity contribution is 5.97. The van der Waals surface area contributed by atoms with Gasteiger partial charge < -0.3 is 24.6 Å². The Labute approximate surface area is 155 Å². The first-order chi connectivity index (χ1) is 12.6. The summed E-state index contributed by atoms with van der Waals surface area (Å²) in [6.07, 6.45) is 4.09. The first-order valence-electron chi connectivity index (χ1n) is 9.26. The number of hydrogen-bond donors (Lipinski definition) is 1. The summed E-state index contributed by atoms with van der Waals surface area (Å²) in [5.41, 5.74) is 0.0708. The van der Waals surface area contributed by atoms with E-state index in [1.54, 1.807) is 18.0 Å². The van der Waals surface area contributed by atoms with Crippen molar-refractivity contribution < 1.29 is 19.1 Å². The fourth-order valence-electron chi connectivity index (χ4n) is 2.39. The van der Waals surface area contributed by atoms with E-state index in [4.69, 9.17) is 9.47 Å². The van der Waals surface area contributed by atoms with Crippen molar-refractivity contribution >= 4 is 12.0 Å². The zero-order chi connectivity index (χ0) is 19.2. The minimum atomic E-state index is -0.381. The first kappa shape index (κ1) is 21.8. The van der Waals surface area contributed by atoms with Gasteiger partial charge in [0.15, 0.2) is 0 Å². The molecule has 0 aromatic rings. The first-order valence-corrected chi connectivity index (χ1v) is 9.26. The molecule has 8 nitrogen and oxygen atoms in total. The van der Waals surface area contributed by atoms with Crippen molar-refractivity contribution in [2.75, 3.05) is 52.5 Å². The number of carbonyl (C=O) groups excluding carboxylic acids is 2. The number of nitrogens with zero attached hydrogens (tertiary/aromatic N) is 3. The predicted molar refractivity (Wildman–Crippen MR) is 97.2 cm³/mol. The number of carbonyl (C=O) groups is 2. The molecular weight excluding hydrogens is 336 g/mol. The second-order valence-corrected chi connectivity index (χ2v) is 5.95. The van der Waals surface area contributed by atoms with E-state index in [1.807, 2.05) is 11.0 Å². The summed E-state index contributed by atoms with van der Waals surface area (Å²) >= 11 is 0. The van der Waals surface area contributed by atoms with Gasteiger partial charge in [0, 0.05) is 52.1 Å². The maximum absolute atomic E-state index is 12.1. The van der Waals surface area contributed by atoms with Crippen LogP contribution in [-0.2, 0) is 14.3 Å². The van der Waals surface area contributed by atoms with E-state index in [2.05, 4.69) is 12.2 Å². The van der Waals surface area contributed by atoms with Gasteiger partial charge in [0.05, 0.1) is 6.61 Å². The lowest BCUT2D eigenvalue weighted by Gasteiger charge is -2.33. The minimum Gasteiger partial charge on any atom is -0.450 e. The molecule has 146 valence electrons. The molecule has 1 saturated heterocycles. The second kappa shape index (κ2) is 13.0. The number of unbranched alkanes of at least 4 members (excludes halogenated alkanes) is 1. The summed E-state index contributed by atoms with van der Waals surface area (Å²) in [6, 6.07) is 1.94. The van der Waals surface area contributed by atoms with E-state index in [-0.39, 0.29) is 17.6 Å². The smallest absolute Gasteiger partial charge is 0.409 e. The van der Waals surface area contributed by atoms with E-state index in [9.17, 15) is 14.9 Å². The van der Waals surface area contributed by atoms with Crippen LogP contribution in [0, 0.1) is 11.3 Å². The van der Waals surface area contributed by atoms with Crippen molar-refractivity contribution in [1.82, 2.24) is 15.1 Å². The third-order valence-corrected chi connectivity index (χ3v) is 3.91. The van der Waals surface area contributed by atoms with Crippen molar-refractivity contribution in [3.8, 4) is 6.07 Å². The van der Waals surface area contributed by atoms with Crippen molar-refractivity contribution in [3.05, 3.63) is 11.8 Å². The molecule has 0 atom stereocenters. The zero-order valence-electron chi connectivity index (χ0n) is 15.8.